The van der Waals surface area contributed by atoms with Crippen LogP contribution in [0.2, 0.25) is 5.15 Å². The topological polar surface area (TPSA) is 57.0 Å². The highest BCUT2D eigenvalue weighted by Gasteiger charge is 2.13. The molecule has 0 bridgehead atoms. The fourth-order valence-corrected chi connectivity index (χ4v) is 2.24. The minimum atomic E-state index is -0.406. The highest BCUT2D eigenvalue weighted by Crippen LogP contribution is 2.18. The van der Waals surface area contributed by atoms with E-state index in [4.69, 9.17) is 16.3 Å². The van der Waals surface area contributed by atoms with Crippen molar-refractivity contribution < 1.29 is 4.74 Å². The van der Waals surface area contributed by atoms with Crippen LogP contribution >= 0.6 is 11.6 Å². The summed E-state index contributed by atoms with van der Waals surface area (Å²) in [5, 5.41) is -0.0858. The lowest BCUT2D eigenvalue weighted by Gasteiger charge is -2.10. The molecule has 3 aromatic rings. The van der Waals surface area contributed by atoms with Gasteiger partial charge >= 0.3 is 0 Å². The van der Waals surface area contributed by atoms with Gasteiger partial charge in [-0.1, -0.05) is 29.8 Å². The fraction of sp³-hybridized carbons (Fsp3) is 0.133. The van der Waals surface area contributed by atoms with Crippen molar-refractivity contribution in [2.24, 2.45) is 0 Å². The smallest absolute Gasteiger partial charge is 0.294 e. The first-order chi connectivity index (χ1) is 10.2. The van der Waals surface area contributed by atoms with Gasteiger partial charge in [0, 0.05) is 6.07 Å². The normalized spacial score (nSPS) is 10.8. The van der Waals surface area contributed by atoms with Crippen LogP contribution in [-0.2, 0) is 0 Å². The Kier molecular flexibility index (Phi) is 3.58. The number of ether oxygens (including phenoxy) is 1. The van der Waals surface area contributed by atoms with Gasteiger partial charge in [0.05, 0.1) is 12.3 Å². The summed E-state index contributed by atoms with van der Waals surface area (Å²) in [6.07, 6.45) is 0. The number of benzene rings is 1. The molecule has 2 aromatic heterocycles. The van der Waals surface area contributed by atoms with Crippen molar-refractivity contribution in [1.29, 1.82) is 0 Å². The zero-order valence-corrected chi connectivity index (χ0v) is 12.0. The summed E-state index contributed by atoms with van der Waals surface area (Å²) in [7, 11) is 0. The van der Waals surface area contributed by atoms with Crippen molar-refractivity contribution in [1.82, 2.24) is 14.5 Å². The van der Waals surface area contributed by atoms with Crippen LogP contribution in [0.15, 0.2) is 47.3 Å². The van der Waals surface area contributed by atoms with Gasteiger partial charge < -0.3 is 4.74 Å². The molecule has 0 saturated carbocycles. The zero-order valence-electron chi connectivity index (χ0n) is 11.3. The highest BCUT2D eigenvalue weighted by molar-refractivity contribution is 6.29. The molecule has 0 N–H and O–H groups in total. The number of nitrogens with zero attached hydrogens (tertiary/aromatic N) is 3. The molecule has 0 aliphatic heterocycles. The molecule has 0 aliphatic carbocycles. The number of pyridine rings is 1. The lowest BCUT2D eigenvalue weighted by Crippen LogP contribution is -2.21. The average Bonchev–Trinajstić information content (AvgIpc) is 2.50. The Morgan fingerprint density at radius 1 is 1.14 bits per heavy atom. The van der Waals surface area contributed by atoms with E-state index in [9.17, 15) is 4.79 Å². The molecule has 0 spiro atoms. The first kappa shape index (κ1) is 13.6. The van der Waals surface area contributed by atoms with Gasteiger partial charge in [0.25, 0.3) is 5.56 Å². The summed E-state index contributed by atoms with van der Waals surface area (Å²) < 4.78 is 6.83. The predicted octanol–water partition coefficient (Wildman–Crippen LogP) is 2.83. The Morgan fingerprint density at radius 3 is 2.62 bits per heavy atom. The average molecular weight is 302 g/mol. The van der Waals surface area contributed by atoms with Crippen LogP contribution in [0.1, 0.15) is 6.92 Å². The second-order valence-electron chi connectivity index (χ2n) is 4.30. The Morgan fingerprint density at radius 2 is 1.90 bits per heavy atom. The van der Waals surface area contributed by atoms with Gasteiger partial charge in [0.1, 0.15) is 5.52 Å². The monoisotopic (exact) mass is 301 g/mol. The summed E-state index contributed by atoms with van der Waals surface area (Å²) in [5.41, 5.74) is 1.22. The third-order valence-electron chi connectivity index (χ3n) is 2.95. The van der Waals surface area contributed by atoms with E-state index >= 15 is 0 Å². The maximum atomic E-state index is 12.3. The molecule has 0 saturated heterocycles. The molecule has 0 aliphatic rings. The largest absolute Gasteiger partial charge is 0.478 e. The van der Waals surface area contributed by atoms with Gasteiger partial charge in [-0.15, -0.1) is 0 Å². The lowest BCUT2D eigenvalue weighted by molar-refractivity contribution is 0.328. The number of para-hydroxylation sites is 1. The summed E-state index contributed by atoms with van der Waals surface area (Å²) in [6, 6.07) is 12.6. The van der Waals surface area contributed by atoms with Crippen molar-refractivity contribution in [2.75, 3.05) is 6.61 Å². The summed E-state index contributed by atoms with van der Waals surface area (Å²) in [5.74, 6) is 0.443. The molecule has 2 heterocycles. The van der Waals surface area contributed by atoms with Gasteiger partial charge in [-0.05, 0) is 25.1 Å². The molecular formula is C15H12ClN3O2. The summed E-state index contributed by atoms with van der Waals surface area (Å²) >= 11 is 5.94. The molecule has 0 amide bonds. The first-order valence-electron chi connectivity index (χ1n) is 6.48. The van der Waals surface area contributed by atoms with Crippen molar-refractivity contribution >= 4 is 22.8 Å². The van der Waals surface area contributed by atoms with E-state index in [2.05, 4.69) is 9.97 Å². The van der Waals surface area contributed by atoms with Crippen molar-refractivity contribution in [3.8, 4) is 11.6 Å². The molecule has 3 rings (SSSR count). The lowest BCUT2D eigenvalue weighted by atomic mass is 10.3. The number of aromatic nitrogens is 3. The van der Waals surface area contributed by atoms with E-state index in [0.717, 1.165) is 0 Å². The molecule has 6 heteroatoms. The molecule has 0 unspecified atom stereocenters. The maximum Gasteiger partial charge on any atom is 0.294 e. The minimum absolute atomic E-state index is 0.0858. The van der Waals surface area contributed by atoms with Crippen LogP contribution in [0, 0.1) is 0 Å². The Balaban J connectivity index is 2.36. The number of rotatable bonds is 3. The molecule has 21 heavy (non-hydrogen) atoms. The van der Waals surface area contributed by atoms with Crippen LogP contribution in [0.4, 0.5) is 0 Å². The third kappa shape index (κ3) is 2.48. The predicted molar refractivity (Wildman–Crippen MR) is 81.3 cm³/mol. The summed E-state index contributed by atoms with van der Waals surface area (Å²) in [4.78, 5) is 20.8. The second kappa shape index (κ2) is 5.54. The van der Waals surface area contributed by atoms with Gasteiger partial charge in [0.15, 0.2) is 10.8 Å². The number of hydrogen-bond donors (Lipinski definition) is 0. The van der Waals surface area contributed by atoms with Crippen LogP contribution in [0.5, 0.6) is 5.88 Å². The van der Waals surface area contributed by atoms with E-state index in [1.807, 2.05) is 37.3 Å². The zero-order chi connectivity index (χ0) is 14.8. The molecule has 0 atom stereocenters. The SMILES string of the molecule is CCOc1ccc2nc(Cl)c(=O)n(-c3ccccc3)c2n1. The minimum Gasteiger partial charge on any atom is -0.478 e. The first-order valence-corrected chi connectivity index (χ1v) is 6.86. The molecule has 5 nitrogen and oxygen atoms in total. The van der Waals surface area contributed by atoms with Gasteiger partial charge in [-0.25, -0.2) is 4.98 Å². The van der Waals surface area contributed by atoms with Crippen molar-refractivity contribution in [2.45, 2.75) is 6.92 Å². The quantitative estimate of drug-likeness (QED) is 0.746. The van der Waals surface area contributed by atoms with Crippen molar-refractivity contribution in [3.05, 3.63) is 58.0 Å². The van der Waals surface area contributed by atoms with E-state index in [-0.39, 0.29) is 5.15 Å². The van der Waals surface area contributed by atoms with Crippen LogP contribution in [0.3, 0.4) is 0 Å². The van der Waals surface area contributed by atoms with Gasteiger partial charge in [-0.2, -0.15) is 4.98 Å². The molecule has 0 fully saturated rings. The maximum absolute atomic E-state index is 12.3. The molecule has 0 radical (unpaired) electrons. The Bertz CT molecular complexity index is 847. The number of halogens is 1. The standard InChI is InChI=1S/C15H12ClN3O2/c1-2-21-12-9-8-11-14(18-12)19(15(20)13(16)17-11)10-6-4-3-5-7-10/h3-9H,2H2,1H3. The highest BCUT2D eigenvalue weighted by atomic mass is 35.5. The third-order valence-corrected chi connectivity index (χ3v) is 3.19. The Hall–Kier alpha value is -2.40. The molecule has 106 valence electrons. The van der Waals surface area contributed by atoms with Crippen LogP contribution in [-0.4, -0.2) is 21.1 Å². The Labute approximate surface area is 125 Å². The molecular weight excluding hydrogens is 290 g/mol. The van der Waals surface area contributed by atoms with Crippen LogP contribution < -0.4 is 10.3 Å². The fourth-order valence-electron chi connectivity index (χ4n) is 2.06. The number of fused-ring (bicyclic) bond motifs is 1. The van der Waals surface area contributed by atoms with E-state index < -0.39 is 5.56 Å². The van der Waals surface area contributed by atoms with E-state index in [1.54, 1.807) is 12.1 Å². The summed E-state index contributed by atoms with van der Waals surface area (Å²) in [6.45, 7) is 2.37. The van der Waals surface area contributed by atoms with Gasteiger partial charge in [-0.3, -0.25) is 9.36 Å². The van der Waals surface area contributed by atoms with Gasteiger partial charge in [0.2, 0.25) is 5.88 Å². The number of hydrogen-bond acceptors (Lipinski definition) is 4. The molecule has 1 aromatic carbocycles. The van der Waals surface area contributed by atoms with Crippen LogP contribution in [0.25, 0.3) is 16.9 Å². The van der Waals surface area contributed by atoms with E-state index in [1.165, 1.54) is 4.57 Å². The van der Waals surface area contributed by atoms with Crippen molar-refractivity contribution in [3.63, 3.8) is 0 Å². The van der Waals surface area contributed by atoms with E-state index in [0.29, 0.717) is 29.3 Å². The second-order valence-corrected chi connectivity index (χ2v) is 4.66.